The van der Waals surface area contributed by atoms with Crippen LogP contribution in [0.25, 0.3) is 0 Å². The Morgan fingerprint density at radius 3 is 2.63 bits per heavy atom. The molecule has 2 aromatic heterocycles. The van der Waals surface area contributed by atoms with Crippen molar-refractivity contribution in [2.75, 3.05) is 0 Å². The lowest BCUT2D eigenvalue weighted by Gasteiger charge is -2.03. The summed E-state index contributed by atoms with van der Waals surface area (Å²) in [4.78, 5) is 14.8. The zero-order valence-electron chi connectivity index (χ0n) is 10.1. The fraction of sp³-hybridized carbons (Fsp3) is 0.400. The van der Waals surface area contributed by atoms with Crippen molar-refractivity contribution in [1.29, 1.82) is 0 Å². The fourth-order valence-electron chi connectivity index (χ4n) is 1.54. The molecule has 0 radical (unpaired) electrons. The molecule has 2 aromatic rings. The van der Waals surface area contributed by atoms with E-state index < -0.39 is 23.8 Å². The Morgan fingerprint density at radius 1 is 1.47 bits per heavy atom. The summed E-state index contributed by atoms with van der Waals surface area (Å²) in [7, 11) is 0. The van der Waals surface area contributed by atoms with Crippen LogP contribution in [-0.4, -0.2) is 31.1 Å². The minimum absolute atomic E-state index is 0.165. The predicted octanol–water partition coefficient (Wildman–Crippen LogP) is 1.57. The molecule has 2 rings (SSSR count). The molecule has 19 heavy (non-hydrogen) atoms. The second kappa shape index (κ2) is 4.75. The van der Waals surface area contributed by atoms with E-state index in [9.17, 15) is 13.6 Å². The van der Waals surface area contributed by atoms with Gasteiger partial charge in [0.1, 0.15) is 18.0 Å². The molecule has 0 atom stereocenters. The molecule has 0 fully saturated rings. The molecule has 7 nitrogen and oxygen atoms in total. The number of aromatic nitrogens is 4. The van der Waals surface area contributed by atoms with Crippen LogP contribution in [0.4, 0.5) is 8.78 Å². The lowest BCUT2D eigenvalue weighted by molar-refractivity contribution is 0.0675. The number of alkyl halides is 2. The molecule has 0 bridgehead atoms. The summed E-state index contributed by atoms with van der Waals surface area (Å²) in [5.74, 6) is -0.827. The Balaban J connectivity index is 2.37. The highest BCUT2D eigenvalue weighted by Gasteiger charge is 2.27. The van der Waals surface area contributed by atoms with Crippen molar-refractivity contribution in [1.82, 2.24) is 20.0 Å². The Kier molecular flexibility index (Phi) is 3.28. The van der Waals surface area contributed by atoms with Gasteiger partial charge in [-0.15, -0.1) is 5.10 Å². The molecule has 0 aromatic carbocycles. The number of hydrogen-bond donors (Lipinski definition) is 1. The minimum atomic E-state index is -3.00. The standard InChI is InChI=1S/C10H10F2N4O3/c1-4-5(2)19-6(13-4)3-16-8(9(11)12)7(10(17)18)14-15-16/h9H,3H2,1-2H3,(H,17,18). The van der Waals surface area contributed by atoms with E-state index >= 15 is 0 Å². The average Bonchev–Trinajstić information content (AvgIpc) is 2.84. The zero-order chi connectivity index (χ0) is 14.2. The van der Waals surface area contributed by atoms with Gasteiger partial charge in [-0.2, -0.15) is 0 Å². The van der Waals surface area contributed by atoms with Crippen LogP contribution in [-0.2, 0) is 6.54 Å². The van der Waals surface area contributed by atoms with Crippen LogP contribution in [0.2, 0.25) is 0 Å². The molecular weight excluding hydrogens is 262 g/mol. The molecule has 0 spiro atoms. The van der Waals surface area contributed by atoms with Crippen LogP contribution in [0, 0.1) is 13.8 Å². The molecule has 102 valence electrons. The van der Waals surface area contributed by atoms with Crippen molar-refractivity contribution in [3.8, 4) is 0 Å². The first kappa shape index (κ1) is 13.1. The average molecular weight is 272 g/mol. The maximum absolute atomic E-state index is 12.9. The highest BCUT2D eigenvalue weighted by molar-refractivity contribution is 5.86. The second-order valence-corrected chi connectivity index (χ2v) is 3.84. The predicted molar refractivity (Wildman–Crippen MR) is 57.0 cm³/mol. The molecule has 0 aliphatic rings. The molecule has 2 heterocycles. The van der Waals surface area contributed by atoms with Crippen molar-refractivity contribution in [2.24, 2.45) is 0 Å². The van der Waals surface area contributed by atoms with Crippen molar-refractivity contribution >= 4 is 5.97 Å². The summed E-state index contributed by atoms with van der Waals surface area (Å²) in [6.45, 7) is 3.19. The summed E-state index contributed by atoms with van der Waals surface area (Å²) >= 11 is 0. The molecule has 0 amide bonds. The van der Waals surface area contributed by atoms with Crippen molar-refractivity contribution in [3.63, 3.8) is 0 Å². The van der Waals surface area contributed by atoms with Gasteiger partial charge in [-0.05, 0) is 13.8 Å². The molecule has 0 unspecified atom stereocenters. The van der Waals surface area contributed by atoms with Gasteiger partial charge < -0.3 is 9.52 Å². The smallest absolute Gasteiger partial charge is 0.358 e. The monoisotopic (exact) mass is 272 g/mol. The Hall–Kier alpha value is -2.32. The lowest BCUT2D eigenvalue weighted by atomic mass is 10.3. The van der Waals surface area contributed by atoms with Gasteiger partial charge in [-0.1, -0.05) is 5.21 Å². The van der Waals surface area contributed by atoms with E-state index in [1.165, 1.54) is 0 Å². The molecular formula is C10H10F2N4O3. The van der Waals surface area contributed by atoms with Gasteiger partial charge in [0.15, 0.2) is 5.69 Å². The van der Waals surface area contributed by atoms with Crippen molar-refractivity contribution in [3.05, 3.63) is 28.7 Å². The topological polar surface area (TPSA) is 94.0 Å². The number of nitrogens with zero attached hydrogens (tertiary/aromatic N) is 4. The van der Waals surface area contributed by atoms with E-state index in [1.54, 1.807) is 13.8 Å². The highest BCUT2D eigenvalue weighted by Crippen LogP contribution is 2.22. The number of rotatable bonds is 4. The van der Waals surface area contributed by atoms with Gasteiger partial charge in [-0.3, -0.25) is 0 Å². The number of halogens is 2. The minimum Gasteiger partial charge on any atom is -0.476 e. The number of carbonyl (C=O) groups is 1. The first-order chi connectivity index (χ1) is 8.90. The van der Waals surface area contributed by atoms with Gasteiger partial charge in [0.05, 0.1) is 5.69 Å². The second-order valence-electron chi connectivity index (χ2n) is 3.84. The molecule has 0 aliphatic heterocycles. The summed E-state index contributed by atoms with van der Waals surface area (Å²) in [5, 5.41) is 15.4. The lowest BCUT2D eigenvalue weighted by Crippen LogP contribution is -2.10. The van der Waals surface area contributed by atoms with E-state index in [0.717, 1.165) is 4.68 Å². The maximum atomic E-state index is 12.9. The van der Waals surface area contributed by atoms with Gasteiger partial charge in [0, 0.05) is 0 Å². The maximum Gasteiger partial charge on any atom is 0.358 e. The Morgan fingerprint density at radius 2 is 2.16 bits per heavy atom. The summed E-state index contributed by atoms with van der Waals surface area (Å²) in [6.07, 6.45) is -3.00. The summed E-state index contributed by atoms with van der Waals surface area (Å²) < 4.78 is 31.7. The number of carboxylic acid groups (broad SMARTS) is 1. The number of oxazole rings is 1. The van der Waals surface area contributed by atoms with Crippen molar-refractivity contribution in [2.45, 2.75) is 26.8 Å². The third-order valence-electron chi connectivity index (χ3n) is 2.54. The van der Waals surface area contributed by atoms with Crippen LogP contribution in [0.1, 0.15) is 40.0 Å². The van der Waals surface area contributed by atoms with Crippen LogP contribution in [0.5, 0.6) is 0 Å². The third kappa shape index (κ3) is 2.44. The number of aryl methyl sites for hydroxylation is 2. The third-order valence-corrected chi connectivity index (χ3v) is 2.54. The normalized spacial score (nSPS) is 11.2. The first-order valence-electron chi connectivity index (χ1n) is 5.28. The molecule has 0 saturated carbocycles. The molecule has 1 N–H and O–H groups in total. The van der Waals surface area contributed by atoms with E-state index in [-0.39, 0.29) is 12.4 Å². The highest BCUT2D eigenvalue weighted by atomic mass is 19.3. The van der Waals surface area contributed by atoms with Crippen LogP contribution in [0.3, 0.4) is 0 Å². The van der Waals surface area contributed by atoms with Gasteiger partial charge in [-0.25, -0.2) is 23.2 Å². The SMILES string of the molecule is Cc1nc(Cn2nnc(C(=O)O)c2C(F)F)oc1C. The Labute approximate surface area is 105 Å². The molecule has 9 heteroatoms. The van der Waals surface area contributed by atoms with E-state index in [2.05, 4.69) is 15.3 Å². The van der Waals surface area contributed by atoms with E-state index in [1.807, 2.05) is 0 Å². The summed E-state index contributed by atoms with van der Waals surface area (Å²) in [6, 6.07) is 0. The zero-order valence-corrected chi connectivity index (χ0v) is 10.1. The van der Waals surface area contributed by atoms with Crippen LogP contribution < -0.4 is 0 Å². The Bertz CT molecular complexity index is 601. The number of hydrogen-bond acceptors (Lipinski definition) is 5. The molecule has 0 saturated heterocycles. The van der Waals surface area contributed by atoms with Crippen LogP contribution in [0.15, 0.2) is 4.42 Å². The van der Waals surface area contributed by atoms with Crippen LogP contribution >= 0.6 is 0 Å². The van der Waals surface area contributed by atoms with Crippen molar-refractivity contribution < 1.29 is 23.1 Å². The van der Waals surface area contributed by atoms with Gasteiger partial charge in [0.2, 0.25) is 5.89 Å². The largest absolute Gasteiger partial charge is 0.476 e. The van der Waals surface area contributed by atoms with E-state index in [4.69, 9.17) is 9.52 Å². The quantitative estimate of drug-likeness (QED) is 0.907. The first-order valence-corrected chi connectivity index (χ1v) is 5.28. The number of aromatic carboxylic acids is 1. The number of carboxylic acids is 1. The van der Waals surface area contributed by atoms with E-state index in [0.29, 0.717) is 11.5 Å². The van der Waals surface area contributed by atoms with Gasteiger partial charge >= 0.3 is 5.97 Å². The summed E-state index contributed by atoms with van der Waals surface area (Å²) in [5.41, 5.74) is -0.900. The molecule has 0 aliphatic carbocycles. The van der Waals surface area contributed by atoms with Gasteiger partial charge in [0.25, 0.3) is 6.43 Å². The fourth-order valence-corrected chi connectivity index (χ4v) is 1.54.